The van der Waals surface area contributed by atoms with Crippen molar-refractivity contribution >= 4 is 39.2 Å². The van der Waals surface area contributed by atoms with Gasteiger partial charge in [-0.15, -0.1) is 0 Å². The maximum absolute atomic E-state index is 15.7. The molecule has 274 valence electrons. The molecular weight excluding hydrogens is 677 g/mol. The van der Waals surface area contributed by atoms with Crippen molar-refractivity contribution in [1.82, 2.24) is 9.55 Å². The number of benzene rings is 1. The Morgan fingerprint density at radius 1 is 0.980 bits per heavy atom. The van der Waals surface area contributed by atoms with E-state index in [0.717, 1.165) is 6.04 Å². The highest BCUT2D eigenvalue weighted by Gasteiger charge is 2.52. The van der Waals surface area contributed by atoms with Gasteiger partial charge in [0.1, 0.15) is 36.1 Å². The van der Waals surface area contributed by atoms with Gasteiger partial charge in [0.15, 0.2) is 14.4 Å². The molecule has 3 aliphatic heterocycles. The lowest BCUT2D eigenvalue weighted by Gasteiger charge is -2.39. The Bertz CT molecular complexity index is 1680. The molecular formula is C37H53F2N3O6Si2. The van der Waals surface area contributed by atoms with Crippen molar-refractivity contribution in [2.75, 3.05) is 51.0 Å². The zero-order chi connectivity index (χ0) is 36.0. The zero-order valence-electron chi connectivity index (χ0n) is 30.8. The molecule has 0 bridgehead atoms. The fraction of sp³-hybridized carbons (Fsp3) is 0.595. The van der Waals surface area contributed by atoms with Gasteiger partial charge in [-0.05, 0) is 48.4 Å². The largest absolute Gasteiger partial charge is 0.470 e. The predicted molar refractivity (Wildman–Crippen MR) is 198 cm³/mol. The molecule has 4 atom stereocenters. The zero-order valence-corrected chi connectivity index (χ0v) is 32.8. The Morgan fingerprint density at radius 3 is 2.24 bits per heavy atom. The van der Waals surface area contributed by atoms with E-state index in [2.05, 4.69) is 60.1 Å². The highest BCUT2D eigenvalue weighted by atomic mass is 28.4. The molecule has 50 heavy (non-hydrogen) atoms. The number of halogens is 2. The van der Waals surface area contributed by atoms with E-state index in [4.69, 9.17) is 33.1 Å². The molecule has 5 heterocycles. The highest BCUT2D eigenvalue weighted by molar-refractivity contribution is 6.76. The normalized spacial score (nSPS) is 23.1. The molecule has 0 radical (unpaired) electrons. The van der Waals surface area contributed by atoms with Gasteiger partial charge in [0.05, 0.1) is 54.9 Å². The summed E-state index contributed by atoms with van der Waals surface area (Å²) in [4.78, 5) is 6.75. The standard InChI is InChI=1S/C37H53F2N3O6Si2/c1-10-25-33-29(12-11-28(40-33)32-26(38)19-24(20-27(32)39)41-13-15-43-16-14-41)42(23-44-17-18-49(5,6)7)36(25)47-30-21-45-35-31(22-46-34(30)35)48-50(8,9)37(2,3)4/h10-12,19-20,30-31,34-35H,1,13-18,21-23H2,2-9H3/t30-,31?,34-,35-/m1/s1. The first kappa shape index (κ1) is 37.1. The third-order valence-electron chi connectivity index (χ3n) is 10.5. The molecule has 1 unspecified atom stereocenters. The predicted octanol–water partition coefficient (Wildman–Crippen LogP) is 7.71. The second-order valence-corrected chi connectivity index (χ2v) is 26.7. The minimum atomic E-state index is -2.06. The van der Waals surface area contributed by atoms with E-state index in [1.165, 1.54) is 12.1 Å². The topological polar surface area (TPSA) is 76.4 Å². The number of morpholine rings is 1. The second kappa shape index (κ2) is 14.4. The van der Waals surface area contributed by atoms with E-state index >= 15 is 8.78 Å². The molecule has 6 rings (SSSR count). The van der Waals surface area contributed by atoms with Gasteiger partial charge in [-0.3, -0.25) is 4.57 Å². The lowest BCUT2D eigenvalue weighted by atomic mass is 10.1. The van der Waals surface area contributed by atoms with Crippen molar-refractivity contribution in [2.45, 2.75) is 95.7 Å². The van der Waals surface area contributed by atoms with E-state index in [0.29, 0.717) is 74.3 Å². The number of nitrogens with zero attached hydrogens (tertiary/aromatic N) is 3. The fourth-order valence-electron chi connectivity index (χ4n) is 6.47. The first-order chi connectivity index (χ1) is 23.6. The second-order valence-electron chi connectivity index (χ2n) is 16.3. The number of aromatic nitrogens is 2. The van der Waals surface area contributed by atoms with E-state index in [9.17, 15) is 0 Å². The Balaban J connectivity index is 1.32. The van der Waals surface area contributed by atoms with Crippen LogP contribution in [0.15, 0.2) is 30.8 Å². The van der Waals surface area contributed by atoms with Crippen molar-refractivity contribution in [3.63, 3.8) is 0 Å². The van der Waals surface area contributed by atoms with Crippen LogP contribution in [0.3, 0.4) is 0 Å². The van der Waals surface area contributed by atoms with Crippen molar-refractivity contribution in [3.05, 3.63) is 48.0 Å². The van der Waals surface area contributed by atoms with E-state index < -0.39 is 34.1 Å². The highest BCUT2D eigenvalue weighted by Crippen LogP contribution is 2.42. The molecule has 3 saturated heterocycles. The van der Waals surface area contributed by atoms with Crippen molar-refractivity contribution in [2.24, 2.45) is 0 Å². The van der Waals surface area contributed by atoms with Gasteiger partial charge < -0.3 is 33.0 Å². The van der Waals surface area contributed by atoms with E-state index in [1.54, 1.807) is 12.1 Å². The minimum Gasteiger partial charge on any atom is -0.470 e. The van der Waals surface area contributed by atoms with Crippen LogP contribution in [0.1, 0.15) is 26.3 Å². The van der Waals surface area contributed by atoms with Gasteiger partial charge in [-0.25, -0.2) is 13.8 Å². The number of hydrogen-bond donors (Lipinski definition) is 0. The minimum absolute atomic E-state index is 0.0529. The summed E-state index contributed by atoms with van der Waals surface area (Å²) in [5.41, 5.74) is 2.32. The Morgan fingerprint density at radius 2 is 1.62 bits per heavy atom. The summed E-state index contributed by atoms with van der Waals surface area (Å²) in [6.45, 7) is 25.9. The summed E-state index contributed by atoms with van der Waals surface area (Å²) in [6.07, 6.45) is 0.515. The molecule has 0 N–H and O–H groups in total. The third kappa shape index (κ3) is 7.60. The molecule has 13 heteroatoms. The molecule has 3 aromatic rings. The van der Waals surface area contributed by atoms with Crippen molar-refractivity contribution in [3.8, 4) is 17.1 Å². The maximum Gasteiger partial charge on any atom is 0.206 e. The molecule has 0 amide bonds. The lowest BCUT2D eigenvalue weighted by molar-refractivity contribution is 0.00852. The van der Waals surface area contributed by atoms with Crippen LogP contribution < -0.4 is 9.64 Å². The molecule has 0 saturated carbocycles. The Kier molecular flexibility index (Phi) is 10.7. The molecule has 3 aliphatic rings. The summed E-state index contributed by atoms with van der Waals surface area (Å²) in [7, 11) is -3.39. The fourth-order valence-corrected chi connectivity index (χ4v) is 8.54. The average molecular weight is 730 g/mol. The lowest BCUT2D eigenvalue weighted by Crippen LogP contribution is -2.47. The van der Waals surface area contributed by atoms with Crippen molar-refractivity contribution in [1.29, 1.82) is 0 Å². The molecule has 9 nitrogen and oxygen atoms in total. The Hall–Kier alpha value is -2.66. The van der Waals surface area contributed by atoms with Crippen LogP contribution in [0.2, 0.25) is 43.8 Å². The SMILES string of the molecule is C=Cc1c(O[C@@H]2CO[C@@H]3C(O[Si](C)(C)C(C)(C)C)CO[C@@H]32)n(COCC[Si](C)(C)C)c2ccc(-c3c(F)cc(N4CCOCC4)cc3F)nc12. The van der Waals surface area contributed by atoms with Crippen LogP contribution in [-0.2, 0) is 30.1 Å². The Labute approximate surface area is 297 Å². The summed E-state index contributed by atoms with van der Waals surface area (Å²) >= 11 is 0. The first-order valence-electron chi connectivity index (χ1n) is 17.7. The van der Waals surface area contributed by atoms with Gasteiger partial charge in [-0.2, -0.15) is 0 Å². The number of ether oxygens (including phenoxy) is 5. The summed E-state index contributed by atoms with van der Waals surface area (Å²) in [6, 6.07) is 7.21. The van der Waals surface area contributed by atoms with Crippen LogP contribution in [0.25, 0.3) is 28.4 Å². The number of hydrogen-bond acceptors (Lipinski definition) is 8. The summed E-state index contributed by atoms with van der Waals surface area (Å²) < 4.78 is 71.0. The van der Waals surface area contributed by atoms with E-state index in [-0.39, 0.29) is 41.3 Å². The van der Waals surface area contributed by atoms with Crippen LogP contribution in [0.4, 0.5) is 14.5 Å². The van der Waals surface area contributed by atoms with Gasteiger partial charge in [0.2, 0.25) is 5.88 Å². The monoisotopic (exact) mass is 729 g/mol. The van der Waals surface area contributed by atoms with Crippen LogP contribution in [0, 0.1) is 11.6 Å². The van der Waals surface area contributed by atoms with E-state index in [1.807, 2.05) is 15.5 Å². The first-order valence-corrected chi connectivity index (χ1v) is 24.3. The smallest absolute Gasteiger partial charge is 0.206 e. The molecule has 2 aromatic heterocycles. The average Bonchev–Trinajstić information content (AvgIpc) is 3.71. The van der Waals surface area contributed by atoms with Crippen LogP contribution >= 0.6 is 0 Å². The molecule has 0 aliphatic carbocycles. The molecule has 1 aromatic carbocycles. The number of rotatable bonds is 12. The summed E-state index contributed by atoms with van der Waals surface area (Å²) in [5.74, 6) is -0.847. The molecule has 0 spiro atoms. The van der Waals surface area contributed by atoms with Crippen LogP contribution in [0.5, 0.6) is 5.88 Å². The number of anilines is 1. The van der Waals surface area contributed by atoms with Gasteiger partial charge in [0.25, 0.3) is 0 Å². The molecule has 3 fully saturated rings. The van der Waals surface area contributed by atoms with Crippen LogP contribution in [-0.4, -0.2) is 96.5 Å². The number of fused-ring (bicyclic) bond motifs is 2. The van der Waals surface area contributed by atoms with Crippen molar-refractivity contribution < 1.29 is 36.9 Å². The third-order valence-corrected chi connectivity index (χ3v) is 16.7. The number of pyridine rings is 1. The van der Waals surface area contributed by atoms with Gasteiger partial charge >= 0.3 is 0 Å². The summed E-state index contributed by atoms with van der Waals surface area (Å²) in [5, 5.41) is 0.0529. The maximum atomic E-state index is 15.7. The van der Waals surface area contributed by atoms with Gasteiger partial charge in [0, 0.05) is 33.5 Å². The van der Waals surface area contributed by atoms with Gasteiger partial charge in [-0.1, -0.05) is 53.1 Å². The quantitative estimate of drug-likeness (QED) is 0.139.